The number of methoxy groups -OCH3 is 1. The lowest BCUT2D eigenvalue weighted by molar-refractivity contribution is 0.0358. The minimum absolute atomic E-state index is 0.293. The van der Waals surface area contributed by atoms with E-state index in [2.05, 4.69) is 21.2 Å². The van der Waals surface area contributed by atoms with Gasteiger partial charge in [0, 0.05) is 15.9 Å². The molecule has 2 rings (SSSR count). The Morgan fingerprint density at radius 1 is 1.38 bits per heavy atom. The van der Waals surface area contributed by atoms with E-state index in [4.69, 9.17) is 9.47 Å². The molecule has 0 spiro atoms. The van der Waals surface area contributed by atoms with Gasteiger partial charge in [0.2, 0.25) is 0 Å². The molecule has 2 N–H and O–H groups in total. The summed E-state index contributed by atoms with van der Waals surface area (Å²) < 4.78 is 11.7. The van der Waals surface area contributed by atoms with Crippen molar-refractivity contribution in [1.82, 2.24) is 0 Å². The highest BCUT2D eigenvalue weighted by molar-refractivity contribution is 9.10. The molecule has 2 aromatic rings. The predicted molar refractivity (Wildman–Crippen MR) is 89.2 cm³/mol. The van der Waals surface area contributed by atoms with Crippen LogP contribution in [0, 0.1) is 0 Å². The number of thiophene rings is 1. The van der Waals surface area contributed by atoms with E-state index in [1.54, 1.807) is 18.4 Å². The number of halogens is 1. The van der Waals surface area contributed by atoms with Gasteiger partial charge in [-0.05, 0) is 29.6 Å². The van der Waals surface area contributed by atoms with Gasteiger partial charge in [0.15, 0.2) is 0 Å². The summed E-state index contributed by atoms with van der Waals surface area (Å²) in [7, 11) is 1.62. The third-order valence-electron chi connectivity index (χ3n) is 2.82. The highest BCUT2D eigenvalue weighted by Crippen LogP contribution is 2.27. The molecule has 4 nitrogen and oxygen atoms in total. The third kappa shape index (κ3) is 5.32. The lowest BCUT2D eigenvalue weighted by Crippen LogP contribution is -2.24. The summed E-state index contributed by atoms with van der Waals surface area (Å²) in [4.78, 5) is 1.16. The molecule has 0 radical (unpaired) electrons. The first-order valence-electron chi connectivity index (χ1n) is 6.54. The summed E-state index contributed by atoms with van der Waals surface area (Å²) in [5.74, 6) is 0.741. The van der Waals surface area contributed by atoms with E-state index in [1.165, 1.54) is 0 Å². The third-order valence-corrected chi connectivity index (χ3v) is 4.17. The summed E-state index contributed by atoms with van der Waals surface area (Å²) in [6.45, 7) is 1.23. The number of hydrogen-bond donors (Lipinski definition) is 2. The normalized spacial score (nSPS) is 12.1. The smallest absolute Gasteiger partial charge is 0.142 e. The second-order valence-electron chi connectivity index (χ2n) is 4.47. The van der Waals surface area contributed by atoms with Gasteiger partial charge >= 0.3 is 0 Å². The molecule has 1 atom stereocenters. The van der Waals surface area contributed by atoms with E-state index in [0.29, 0.717) is 19.8 Å². The summed E-state index contributed by atoms with van der Waals surface area (Å²) in [6, 6.07) is 9.69. The van der Waals surface area contributed by atoms with Crippen molar-refractivity contribution in [3.8, 4) is 5.75 Å². The van der Waals surface area contributed by atoms with Crippen LogP contribution in [0.1, 0.15) is 4.88 Å². The van der Waals surface area contributed by atoms with Gasteiger partial charge in [-0.1, -0.05) is 22.0 Å². The second kappa shape index (κ2) is 8.38. The van der Waals surface area contributed by atoms with Crippen molar-refractivity contribution in [1.29, 1.82) is 0 Å². The zero-order valence-electron chi connectivity index (χ0n) is 11.7. The van der Waals surface area contributed by atoms with E-state index in [-0.39, 0.29) is 0 Å². The van der Waals surface area contributed by atoms with Gasteiger partial charge in [0.1, 0.15) is 5.75 Å². The molecule has 1 heterocycles. The van der Waals surface area contributed by atoms with E-state index in [9.17, 15) is 5.11 Å². The number of hydrogen-bond acceptors (Lipinski definition) is 5. The highest BCUT2D eigenvalue weighted by Gasteiger charge is 2.08. The number of nitrogens with one attached hydrogen (secondary N) is 1. The second-order valence-corrected chi connectivity index (χ2v) is 6.42. The Bertz CT molecular complexity index is 548. The standard InChI is InChI=1S/C15H18BrNO3S/c1-19-15-5-4-11(16)7-14(15)17-8-12(18)9-20-10-13-3-2-6-21-13/h2-7,12,17-18H,8-10H2,1H3. The van der Waals surface area contributed by atoms with Crippen molar-refractivity contribution in [2.75, 3.05) is 25.6 Å². The first-order valence-corrected chi connectivity index (χ1v) is 8.22. The Morgan fingerprint density at radius 2 is 2.24 bits per heavy atom. The molecule has 0 fully saturated rings. The maximum Gasteiger partial charge on any atom is 0.142 e. The molecule has 1 unspecified atom stereocenters. The Hall–Kier alpha value is -1.08. The Morgan fingerprint density at radius 3 is 2.95 bits per heavy atom. The maximum absolute atomic E-state index is 9.94. The van der Waals surface area contributed by atoms with Crippen LogP contribution in [0.3, 0.4) is 0 Å². The van der Waals surface area contributed by atoms with Gasteiger partial charge < -0.3 is 19.9 Å². The van der Waals surface area contributed by atoms with Gasteiger partial charge in [0.25, 0.3) is 0 Å². The SMILES string of the molecule is COc1ccc(Br)cc1NCC(O)COCc1cccs1. The summed E-state index contributed by atoms with van der Waals surface area (Å²) >= 11 is 5.06. The number of anilines is 1. The van der Waals surface area contributed by atoms with E-state index >= 15 is 0 Å². The van der Waals surface area contributed by atoms with Crippen LogP contribution >= 0.6 is 27.3 Å². The molecule has 0 bridgehead atoms. The Kier molecular flexibility index (Phi) is 6.50. The summed E-state index contributed by atoms with van der Waals surface area (Å²) in [6.07, 6.45) is -0.575. The topological polar surface area (TPSA) is 50.7 Å². The molecule has 21 heavy (non-hydrogen) atoms. The summed E-state index contributed by atoms with van der Waals surface area (Å²) in [5.41, 5.74) is 0.837. The average molecular weight is 372 g/mol. The van der Waals surface area contributed by atoms with E-state index in [0.717, 1.165) is 20.8 Å². The first kappa shape index (κ1) is 16.3. The molecular weight excluding hydrogens is 354 g/mol. The monoisotopic (exact) mass is 371 g/mol. The van der Waals surface area contributed by atoms with Crippen molar-refractivity contribution < 1.29 is 14.6 Å². The molecule has 1 aromatic heterocycles. The molecule has 114 valence electrons. The molecule has 0 saturated heterocycles. The highest BCUT2D eigenvalue weighted by atomic mass is 79.9. The summed E-state index contributed by atoms with van der Waals surface area (Å²) in [5, 5.41) is 15.1. The van der Waals surface area contributed by atoms with Crippen LogP contribution in [-0.4, -0.2) is 31.5 Å². The van der Waals surface area contributed by atoms with Crippen molar-refractivity contribution in [2.24, 2.45) is 0 Å². The number of aliphatic hydroxyl groups excluding tert-OH is 1. The van der Waals surface area contributed by atoms with Crippen LogP contribution in [-0.2, 0) is 11.3 Å². The Balaban J connectivity index is 1.75. The van der Waals surface area contributed by atoms with Crippen LogP contribution in [0.4, 0.5) is 5.69 Å². The van der Waals surface area contributed by atoms with Crippen molar-refractivity contribution in [3.05, 3.63) is 45.1 Å². The zero-order chi connectivity index (χ0) is 15.1. The molecular formula is C15H18BrNO3S. The van der Waals surface area contributed by atoms with Crippen LogP contribution in [0.2, 0.25) is 0 Å². The number of rotatable bonds is 8. The van der Waals surface area contributed by atoms with Gasteiger partial charge in [0.05, 0.1) is 32.1 Å². The van der Waals surface area contributed by atoms with E-state index < -0.39 is 6.10 Å². The fourth-order valence-corrected chi connectivity index (χ4v) is 2.80. The minimum atomic E-state index is -0.575. The average Bonchev–Trinajstić information content (AvgIpc) is 2.98. The van der Waals surface area contributed by atoms with Crippen LogP contribution in [0.25, 0.3) is 0 Å². The maximum atomic E-state index is 9.94. The van der Waals surface area contributed by atoms with Crippen LogP contribution < -0.4 is 10.1 Å². The fraction of sp³-hybridized carbons (Fsp3) is 0.333. The molecule has 0 aliphatic rings. The van der Waals surface area contributed by atoms with Crippen LogP contribution in [0.15, 0.2) is 40.2 Å². The first-order chi connectivity index (χ1) is 10.2. The minimum Gasteiger partial charge on any atom is -0.495 e. The number of ether oxygens (including phenoxy) is 2. The number of benzene rings is 1. The lowest BCUT2D eigenvalue weighted by Gasteiger charge is -2.15. The van der Waals surface area contributed by atoms with Crippen molar-refractivity contribution in [3.63, 3.8) is 0 Å². The fourth-order valence-electron chi connectivity index (χ4n) is 1.80. The van der Waals surface area contributed by atoms with Crippen molar-refractivity contribution in [2.45, 2.75) is 12.7 Å². The largest absolute Gasteiger partial charge is 0.495 e. The van der Waals surface area contributed by atoms with E-state index in [1.807, 2.05) is 35.7 Å². The predicted octanol–water partition coefficient (Wildman–Crippen LogP) is 3.51. The molecule has 0 saturated carbocycles. The van der Waals surface area contributed by atoms with Crippen molar-refractivity contribution >= 4 is 33.0 Å². The molecule has 1 aromatic carbocycles. The van der Waals surface area contributed by atoms with Crippen LogP contribution in [0.5, 0.6) is 5.75 Å². The quantitative estimate of drug-likeness (QED) is 0.745. The number of aliphatic hydroxyl groups is 1. The molecule has 0 amide bonds. The molecule has 0 aliphatic carbocycles. The lowest BCUT2D eigenvalue weighted by atomic mass is 10.2. The molecule has 0 aliphatic heterocycles. The zero-order valence-corrected chi connectivity index (χ0v) is 14.1. The van der Waals surface area contributed by atoms with Gasteiger partial charge in [-0.3, -0.25) is 0 Å². The van der Waals surface area contributed by atoms with Gasteiger partial charge in [-0.15, -0.1) is 11.3 Å². The molecule has 6 heteroatoms. The van der Waals surface area contributed by atoms with Gasteiger partial charge in [-0.25, -0.2) is 0 Å². The Labute approximate surface area is 136 Å². The van der Waals surface area contributed by atoms with Gasteiger partial charge in [-0.2, -0.15) is 0 Å².